The average molecular weight is 429 g/mol. The molecule has 3 nitrogen and oxygen atoms in total. The van der Waals surface area contributed by atoms with Crippen LogP contribution >= 0.6 is 35.3 Å². The maximum absolute atomic E-state index is 4.65. The highest BCUT2D eigenvalue weighted by atomic mass is 127. The van der Waals surface area contributed by atoms with Crippen LogP contribution < -0.4 is 10.6 Å². The van der Waals surface area contributed by atoms with Gasteiger partial charge in [-0.15, -0.1) is 35.3 Å². The number of hydrogen-bond donors (Lipinski definition) is 2. The van der Waals surface area contributed by atoms with Gasteiger partial charge in [-0.25, -0.2) is 0 Å². The smallest absolute Gasteiger partial charge is 0.191 e. The van der Waals surface area contributed by atoms with E-state index in [4.69, 9.17) is 0 Å². The maximum Gasteiger partial charge on any atom is 0.191 e. The van der Waals surface area contributed by atoms with E-state index in [-0.39, 0.29) is 30.0 Å². The van der Waals surface area contributed by atoms with Gasteiger partial charge in [0.05, 0.1) is 6.04 Å². The molecular formula is C17H24IN3S. The lowest BCUT2D eigenvalue weighted by Gasteiger charge is -2.18. The molecule has 5 heteroatoms. The molecule has 0 amide bonds. The summed E-state index contributed by atoms with van der Waals surface area (Å²) in [5.74, 6) is 0.880. The zero-order chi connectivity index (χ0) is 14.9. The number of benzene rings is 1. The molecule has 0 fully saturated rings. The first-order chi connectivity index (χ1) is 10.3. The van der Waals surface area contributed by atoms with Crippen molar-refractivity contribution in [2.24, 2.45) is 4.99 Å². The fourth-order valence-corrected chi connectivity index (χ4v) is 2.78. The molecule has 1 atom stereocenters. The monoisotopic (exact) mass is 429 g/mol. The van der Waals surface area contributed by atoms with E-state index in [0.717, 1.165) is 25.5 Å². The minimum absolute atomic E-state index is 0. The lowest BCUT2D eigenvalue weighted by Crippen LogP contribution is -2.38. The summed E-state index contributed by atoms with van der Waals surface area (Å²) in [5, 5.41) is 8.87. The number of thiophene rings is 1. The Hall–Kier alpha value is -1.08. The van der Waals surface area contributed by atoms with E-state index in [9.17, 15) is 0 Å². The molecule has 1 aromatic heterocycles. The van der Waals surface area contributed by atoms with Crippen molar-refractivity contribution in [2.75, 3.05) is 13.1 Å². The van der Waals surface area contributed by atoms with E-state index in [1.165, 1.54) is 10.4 Å². The third-order valence-electron chi connectivity index (χ3n) is 3.21. The number of nitrogens with one attached hydrogen (secondary N) is 2. The molecular weight excluding hydrogens is 405 g/mol. The topological polar surface area (TPSA) is 36.4 Å². The normalized spacial score (nSPS) is 12.4. The first kappa shape index (κ1) is 19.0. The first-order valence-corrected chi connectivity index (χ1v) is 8.29. The summed E-state index contributed by atoms with van der Waals surface area (Å²) < 4.78 is 0. The molecule has 1 unspecified atom stereocenters. The fourth-order valence-electron chi connectivity index (χ4n) is 2.08. The molecule has 0 aliphatic rings. The second-order valence-corrected chi connectivity index (χ2v) is 5.90. The zero-order valence-electron chi connectivity index (χ0n) is 13.1. The van der Waals surface area contributed by atoms with Gasteiger partial charge in [-0.1, -0.05) is 36.4 Å². The van der Waals surface area contributed by atoms with Crippen molar-refractivity contribution >= 4 is 41.3 Å². The minimum Gasteiger partial charge on any atom is -0.357 e. The molecule has 22 heavy (non-hydrogen) atoms. The number of rotatable bonds is 6. The molecule has 0 spiro atoms. The summed E-state index contributed by atoms with van der Waals surface area (Å²) in [4.78, 5) is 6.04. The lowest BCUT2D eigenvalue weighted by molar-refractivity contribution is 0.686. The van der Waals surface area contributed by atoms with Crippen LogP contribution in [0.1, 0.15) is 30.3 Å². The number of nitrogens with zero attached hydrogens (tertiary/aromatic N) is 1. The summed E-state index contributed by atoms with van der Waals surface area (Å²) >= 11 is 1.79. The quantitative estimate of drug-likeness (QED) is 0.410. The molecule has 0 saturated heterocycles. The molecule has 0 aliphatic heterocycles. The van der Waals surface area contributed by atoms with Crippen LogP contribution in [-0.4, -0.2) is 19.0 Å². The van der Waals surface area contributed by atoms with Crippen LogP contribution in [0.15, 0.2) is 52.8 Å². The van der Waals surface area contributed by atoms with Gasteiger partial charge in [0.15, 0.2) is 5.96 Å². The van der Waals surface area contributed by atoms with Crippen LogP contribution in [0.3, 0.4) is 0 Å². The van der Waals surface area contributed by atoms with Crippen molar-refractivity contribution in [1.29, 1.82) is 0 Å². The maximum atomic E-state index is 4.65. The van der Waals surface area contributed by atoms with Gasteiger partial charge < -0.3 is 10.6 Å². The summed E-state index contributed by atoms with van der Waals surface area (Å²) in [6, 6.07) is 14.9. The highest BCUT2D eigenvalue weighted by Crippen LogP contribution is 2.11. The first-order valence-electron chi connectivity index (χ1n) is 7.41. The van der Waals surface area contributed by atoms with Crippen molar-refractivity contribution in [2.45, 2.75) is 26.3 Å². The van der Waals surface area contributed by atoms with Crippen molar-refractivity contribution in [3.63, 3.8) is 0 Å². The Bertz CT molecular complexity index is 540. The van der Waals surface area contributed by atoms with E-state index < -0.39 is 0 Å². The average Bonchev–Trinajstić information content (AvgIpc) is 3.01. The Morgan fingerprint density at radius 2 is 1.95 bits per heavy atom. The molecule has 0 radical (unpaired) electrons. The molecule has 2 aromatic rings. The van der Waals surface area contributed by atoms with Crippen molar-refractivity contribution in [3.8, 4) is 0 Å². The minimum atomic E-state index is 0. The van der Waals surface area contributed by atoms with Crippen molar-refractivity contribution in [1.82, 2.24) is 10.6 Å². The predicted octanol–water partition coefficient (Wildman–Crippen LogP) is 4.22. The van der Waals surface area contributed by atoms with Gasteiger partial charge in [-0.05, 0) is 30.9 Å². The number of aliphatic imine (C=N–C) groups is 1. The van der Waals surface area contributed by atoms with Gasteiger partial charge in [0.25, 0.3) is 0 Å². The SMILES string of the molecule is CCNC(=NCCc1cccs1)NC(C)c1ccccc1.I. The van der Waals surface area contributed by atoms with Gasteiger partial charge in [0, 0.05) is 24.4 Å². The molecule has 120 valence electrons. The molecule has 2 rings (SSSR count). The zero-order valence-corrected chi connectivity index (χ0v) is 16.2. The second-order valence-electron chi connectivity index (χ2n) is 4.87. The molecule has 0 aliphatic carbocycles. The van der Waals surface area contributed by atoms with Gasteiger partial charge in [0.1, 0.15) is 0 Å². The van der Waals surface area contributed by atoms with E-state index in [2.05, 4.69) is 71.3 Å². The van der Waals surface area contributed by atoms with Gasteiger partial charge in [-0.2, -0.15) is 0 Å². The molecule has 0 bridgehead atoms. The van der Waals surface area contributed by atoms with Gasteiger partial charge >= 0.3 is 0 Å². The highest BCUT2D eigenvalue weighted by molar-refractivity contribution is 14.0. The van der Waals surface area contributed by atoms with Gasteiger partial charge in [-0.3, -0.25) is 4.99 Å². The van der Waals surface area contributed by atoms with Crippen LogP contribution in [0.2, 0.25) is 0 Å². The van der Waals surface area contributed by atoms with Gasteiger partial charge in [0.2, 0.25) is 0 Å². The van der Waals surface area contributed by atoms with Crippen LogP contribution in [0.5, 0.6) is 0 Å². The highest BCUT2D eigenvalue weighted by Gasteiger charge is 2.06. The number of guanidine groups is 1. The Balaban J connectivity index is 0.00000242. The lowest BCUT2D eigenvalue weighted by atomic mass is 10.1. The summed E-state index contributed by atoms with van der Waals surface area (Å²) in [5.41, 5.74) is 1.27. The van der Waals surface area contributed by atoms with Crippen LogP contribution in [0.4, 0.5) is 0 Å². The van der Waals surface area contributed by atoms with Crippen LogP contribution in [0, 0.1) is 0 Å². The molecule has 1 heterocycles. The second kappa shape index (κ2) is 10.6. The van der Waals surface area contributed by atoms with E-state index in [0.29, 0.717) is 0 Å². The van der Waals surface area contributed by atoms with E-state index >= 15 is 0 Å². The van der Waals surface area contributed by atoms with Crippen molar-refractivity contribution < 1.29 is 0 Å². The molecule has 1 aromatic carbocycles. The summed E-state index contributed by atoms with van der Waals surface area (Å²) in [6.07, 6.45) is 0.994. The molecule has 2 N–H and O–H groups in total. The van der Waals surface area contributed by atoms with Crippen LogP contribution in [-0.2, 0) is 6.42 Å². The standard InChI is InChI=1S/C17H23N3S.HI/c1-3-18-17(19-12-11-16-10-7-13-21-16)20-14(2)15-8-5-4-6-9-15;/h4-10,13-14H,3,11-12H2,1-2H3,(H2,18,19,20);1H. The molecule has 0 saturated carbocycles. The Morgan fingerprint density at radius 1 is 1.18 bits per heavy atom. The summed E-state index contributed by atoms with van der Waals surface area (Å²) in [7, 11) is 0. The summed E-state index contributed by atoms with van der Waals surface area (Å²) in [6.45, 7) is 5.91. The van der Waals surface area contributed by atoms with Crippen LogP contribution in [0.25, 0.3) is 0 Å². The number of halogens is 1. The largest absolute Gasteiger partial charge is 0.357 e. The van der Waals surface area contributed by atoms with E-state index in [1.54, 1.807) is 11.3 Å². The fraction of sp³-hybridized carbons (Fsp3) is 0.353. The van der Waals surface area contributed by atoms with Crippen molar-refractivity contribution in [3.05, 3.63) is 58.3 Å². The Kier molecular flexibility index (Phi) is 9.15. The number of hydrogen-bond acceptors (Lipinski definition) is 2. The van der Waals surface area contributed by atoms with E-state index in [1.807, 2.05) is 6.07 Å². The Morgan fingerprint density at radius 3 is 2.59 bits per heavy atom. The predicted molar refractivity (Wildman–Crippen MR) is 107 cm³/mol. The Labute approximate surface area is 154 Å². The third-order valence-corrected chi connectivity index (χ3v) is 4.14. The third kappa shape index (κ3) is 6.36.